The fourth-order valence-corrected chi connectivity index (χ4v) is 3.12. The highest BCUT2D eigenvalue weighted by Crippen LogP contribution is 2.36. The van der Waals surface area contributed by atoms with Gasteiger partial charge >= 0.3 is 11.9 Å². The molecule has 0 N–H and O–H groups in total. The van der Waals surface area contributed by atoms with Crippen molar-refractivity contribution in [2.24, 2.45) is 0 Å². The first-order valence-corrected chi connectivity index (χ1v) is 8.55. The SMILES string of the molecule is CCc1ccc(OC(=O)CC2(OC(C)=O)C(=O)c3ccccc3C2=O)cc1. The monoisotopic (exact) mass is 366 g/mol. The van der Waals surface area contributed by atoms with Crippen LogP contribution >= 0.6 is 0 Å². The summed E-state index contributed by atoms with van der Waals surface area (Å²) >= 11 is 0. The van der Waals surface area contributed by atoms with E-state index < -0.39 is 35.5 Å². The van der Waals surface area contributed by atoms with Gasteiger partial charge in [-0.2, -0.15) is 0 Å². The van der Waals surface area contributed by atoms with Crippen LogP contribution in [0.15, 0.2) is 48.5 Å². The van der Waals surface area contributed by atoms with Crippen LogP contribution in [0, 0.1) is 0 Å². The molecule has 6 heteroatoms. The predicted molar refractivity (Wildman–Crippen MR) is 95.7 cm³/mol. The molecule has 0 spiro atoms. The van der Waals surface area contributed by atoms with E-state index in [1.54, 1.807) is 24.3 Å². The van der Waals surface area contributed by atoms with Gasteiger partial charge in [-0.25, -0.2) is 0 Å². The molecule has 0 aliphatic heterocycles. The van der Waals surface area contributed by atoms with E-state index >= 15 is 0 Å². The molecule has 0 unspecified atom stereocenters. The standard InChI is InChI=1S/C21H18O6/c1-3-14-8-10-15(11-9-14)26-18(23)12-21(27-13(2)22)19(24)16-6-4-5-7-17(16)20(21)25/h4-11H,3,12H2,1-2H3. The Balaban J connectivity index is 1.87. The Labute approximate surface area is 156 Å². The normalized spacial score (nSPS) is 14.6. The maximum absolute atomic E-state index is 12.8. The maximum atomic E-state index is 12.8. The number of ether oxygens (including phenoxy) is 2. The third-order valence-electron chi connectivity index (χ3n) is 4.42. The number of esters is 2. The van der Waals surface area contributed by atoms with Crippen LogP contribution in [0.3, 0.4) is 0 Å². The second-order valence-corrected chi connectivity index (χ2v) is 6.27. The van der Waals surface area contributed by atoms with Crippen molar-refractivity contribution < 1.29 is 28.7 Å². The Morgan fingerprint density at radius 3 is 1.96 bits per heavy atom. The summed E-state index contributed by atoms with van der Waals surface area (Å²) in [5.41, 5.74) is -0.883. The largest absolute Gasteiger partial charge is 0.442 e. The van der Waals surface area contributed by atoms with Crippen molar-refractivity contribution in [2.45, 2.75) is 32.3 Å². The van der Waals surface area contributed by atoms with Gasteiger partial charge in [-0.3, -0.25) is 19.2 Å². The van der Waals surface area contributed by atoms with Crippen LogP contribution in [0.5, 0.6) is 5.75 Å². The van der Waals surface area contributed by atoms with Crippen LogP contribution in [-0.4, -0.2) is 29.1 Å². The average molecular weight is 366 g/mol. The van der Waals surface area contributed by atoms with E-state index in [9.17, 15) is 19.2 Å². The number of Topliss-reactive ketones (excluding diaryl/α,β-unsaturated/α-hetero) is 2. The highest BCUT2D eigenvalue weighted by molar-refractivity contribution is 6.33. The van der Waals surface area contributed by atoms with Gasteiger partial charge in [0.1, 0.15) is 12.2 Å². The number of ketones is 2. The Hall–Kier alpha value is -3.28. The molecule has 0 aromatic heterocycles. The lowest BCUT2D eigenvalue weighted by atomic mass is 9.93. The zero-order valence-electron chi connectivity index (χ0n) is 15.0. The number of hydrogen-bond donors (Lipinski definition) is 0. The molecule has 3 rings (SSSR count). The molecule has 27 heavy (non-hydrogen) atoms. The van der Waals surface area contributed by atoms with Crippen LogP contribution in [-0.2, 0) is 20.7 Å². The number of hydrogen-bond acceptors (Lipinski definition) is 6. The Morgan fingerprint density at radius 1 is 0.926 bits per heavy atom. The third-order valence-corrected chi connectivity index (χ3v) is 4.42. The molecule has 2 aromatic rings. The van der Waals surface area contributed by atoms with E-state index in [-0.39, 0.29) is 16.9 Å². The lowest BCUT2D eigenvalue weighted by Gasteiger charge is -2.24. The predicted octanol–water partition coefficient (Wildman–Crippen LogP) is 2.93. The smallest absolute Gasteiger partial charge is 0.316 e. The lowest BCUT2D eigenvalue weighted by Crippen LogP contribution is -2.48. The van der Waals surface area contributed by atoms with Crippen molar-refractivity contribution in [1.29, 1.82) is 0 Å². The van der Waals surface area contributed by atoms with Crippen LogP contribution in [0.1, 0.15) is 46.5 Å². The molecular weight excluding hydrogens is 348 g/mol. The minimum Gasteiger partial charge on any atom is -0.442 e. The number of fused-ring (bicyclic) bond motifs is 1. The van der Waals surface area contributed by atoms with Gasteiger partial charge in [0.2, 0.25) is 17.2 Å². The van der Waals surface area contributed by atoms with E-state index in [0.29, 0.717) is 0 Å². The van der Waals surface area contributed by atoms with Crippen molar-refractivity contribution >= 4 is 23.5 Å². The molecule has 0 atom stereocenters. The Bertz CT molecular complexity index is 891. The molecule has 138 valence electrons. The first-order chi connectivity index (χ1) is 12.9. The Morgan fingerprint density at radius 2 is 1.48 bits per heavy atom. The molecule has 0 saturated carbocycles. The highest BCUT2D eigenvalue weighted by atomic mass is 16.6. The van der Waals surface area contributed by atoms with Gasteiger partial charge in [-0.1, -0.05) is 43.3 Å². The fourth-order valence-electron chi connectivity index (χ4n) is 3.12. The average Bonchev–Trinajstić information content (AvgIpc) is 2.84. The Kier molecular flexibility index (Phi) is 4.90. The summed E-state index contributed by atoms with van der Waals surface area (Å²) in [5.74, 6) is -2.81. The van der Waals surface area contributed by atoms with Gasteiger partial charge in [0.05, 0.1) is 0 Å². The molecule has 0 radical (unpaired) electrons. The lowest BCUT2D eigenvalue weighted by molar-refractivity contribution is -0.152. The molecule has 0 amide bonds. The van der Waals surface area contributed by atoms with Gasteiger partial charge in [-0.05, 0) is 24.1 Å². The summed E-state index contributed by atoms with van der Waals surface area (Å²) in [6, 6.07) is 13.0. The summed E-state index contributed by atoms with van der Waals surface area (Å²) in [4.78, 5) is 49.7. The number of rotatable bonds is 5. The molecule has 0 heterocycles. The molecule has 2 aromatic carbocycles. The van der Waals surface area contributed by atoms with Crippen molar-refractivity contribution in [2.75, 3.05) is 0 Å². The second kappa shape index (κ2) is 7.15. The molecule has 0 fully saturated rings. The zero-order valence-corrected chi connectivity index (χ0v) is 15.0. The fraction of sp³-hybridized carbons (Fsp3) is 0.238. The number of carbonyl (C=O) groups excluding carboxylic acids is 4. The van der Waals surface area contributed by atoms with E-state index in [0.717, 1.165) is 18.9 Å². The first-order valence-electron chi connectivity index (χ1n) is 8.55. The van der Waals surface area contributed by atoms with Crippen LogP contribution in [0.2, 0.25) is 0 Å². The minimum absolute atomic E-state index is 0.129. The molecule has 1 aliphatic carbocycles. The quantitative estimate of drug-likeness (QED) is 0.459. The molecule has 1 aliphatic rings. The summed E-state index contributed by atoms with van der Waals surface area (Å²) in [6.07, 6.45) is 0.152. The molecule has 6 nitrogen and oxygen atoms in total. The number of carbonyl (C=O) groups is 4. The van der Waals surface area contributed by atoms with E-state index in [1.807, 2.05) is 19.1 Å². The van der Waals surface area contributed by atoms with E-state index in [4.69, 9.17) is 9.47 Å². The second-order valence-electron chi connectivity index (χ2n) is 6.27. The minimum atomic E-state index is -2.21. The van der Waals surface area contributed by atoms with Crippen molar-refractivity contribution in [3.63, 3.8) is 0 Å². The van der Waals surface area contributed by atoms with E-state index in [1.165, 1.54) is 12.1 Å². The van der Waals surface area contributed by atoms with Crippen LogP contribution in [0.25, 0.3) is 0 Å². The van der Waals surface area contributed by atoms with E-state index in [2.05, 4.69) is 0 Å². The number of aryl methyl sites for hydroxylation is 1. The van der Waals surface area contributed by atoms with Crippen LogP contribution in [0.4, 0.5) is 0 Å². The van der Waals surface area contributed by atoms with Crippen molar-refractivity contribution in [3.05, 3.63) is 65.2 Å². The third kappa shape index (κ3) is 3.38. The molecule has 0 saturated heterocycles. The molecular formula is C21H18O6. The zero-order chi connectivity index (χ0) is 19.6. The molecule has 0 bridgehead atoms. The summed E-state index contributed by atoms with van der Waals surface area (Å²) < 4.78 is 10.4. The van der Waals surface area contributed by atoms with Crippen LogP contribution < -0.4 is 4.74 Å². The first kappa shape index (κ1) is 18.5. The summed E-state index contributed by atoms with van der Waals surface area (Å²) in [5, 5.41) is 0. The summed E-state index contributed by atoms with van der Waals surface area (Å²) in [6.45, 7) is 3.08. The van der Waals surface area contributed by atoms with Gasteiger partial charge in [0.15, 0.2) is 0 Å². The van der Waals surface area contributed by atoms with Crippen molar-refractivity contribution in [3.8, 4) is 5.75 Å². The van der Waals surface area contributed by atoms with Gasteiger partial charge in [-0.15, -0.1) is 0 Å². The van der Waals surface area contributed by atoms with Gasteiger partial charge in [0, 0.05) is 18.1 Å². The highest BCUT2D eigenvalue weighted by Gasteiger charge is 2.57. The topological polar surface area (TPSA) is 86.7 Å². The summed E-state index contributed by atoms with van der Waals surface area (Å²) in [7, 11) is 0. The van der Waals surface area contributed by atoms with Gasteiger partial charge in [0.25, 0.3) is 0 Å². The van der Waals surface area contributed by atoms with Gasteiger partial charge < -0.3 is 9.47 Å². The van der Waals surface area contributed by atoms with Crippen molar-refractivity contribution in [1.82, 2.24) is 0 Å². The maximum Gasteiger partial charge on any atom is 0.316 e. The number of benzene rings is 2.